The number of aromatic hydroxyl groups is 1. The van der Waals surface area contributed by atoms with Gasteiger partial charge in [-0.1, -0.05) is 6.07 Å². The maximum absolute atomic E-state index is 13.7. The molecule has 2 N–H and O–H groups in total. The van der Waals surface area contributed by atoms with E-state index >= 15 is 0 Å². The van der Waals surface area contributed by atoms with Gasteiger partial charge in [-0.25, -0.2) is 4.39 Å². The Morgan fingerprint density at radius 3 is 2.38 bits per heavy atom. The fourth-order valence-electron chi connectivity index (χ4n) is 2.05. The third-order valence-electron chi connectivity index (χ3n) is 3.24. The number of rotatable bonds is 5. The molecule has 1 unspecified atom stereocenters. The lowest BCUT2D eigenvalue weighted by Gasteiger charge is -2.17. The van der Waals surface area contributed by atoms with Crippen molar-refractivity contribution in [2.45, 2.75) is 13.0 Å². The molecule has 112 valence electrons. The third kappa shape index (κ3) is 3.37. The molecule has 0 aliphatic heterocycles. The summed E-state index contributed by atoms with van der Waals surface area (Å²) in [6.45, 7) is 1.94. The Kier molecular flexibility index (Phi) is 4.52. The predicted molar refractivity (Wildman–Crippen MR) is 79.6 cm³/mol. The van der Waals surface area contributed by atoms with E-state index in [2.05, 4.69) is 5.32 Å². The van der Waals surface area contributed by atoms with Crippen LogP contribution < -0.4 is 14.8 Å². The molecule has 5 heteroatoms. The quantitative estimate of drug-likeness (QED) is 0.881. The zero-order valence-corrected chi connectivity index (χ0v) is 12.2. The Morgan fingerprint density at radius 1 is 1.05 bits per heavy atom. The molecule has 0 aliphatic carbocycles. The highest BCUT2D eigenvalue weighted by Gasteiger charge is 2.10. The summed E-state index contributed by atoms with van der Waals surface area (Å²) in [6.07, 6.45) is 0. The summed E-state index contributed by atoms with van der Waals surface area (Å²) in [4.78, 5) is 0. The van der Waals surface area contributed by atoms with Crippen molar-refractivity contribution in [3.8, 4) is 17.2 Å². The van der Waals surface area contributed by atoms with Crippen LogP contribution >= 0.6 is 0 Å². The van der Waals surface area contributed by atoms with Crippen LogP contribution in [0.5, 0.6) is 17.2 Å². The molecule has 0 spiro atoms. The van der Waals surface area contributed by atoms with Crippen LogP contribution in [0.25, 0.3) is 0 Å². The Morgan fingerprint density at radius 2 is 1.76 bits per heavy atom. The predicted octanol–water partition coefficient (Wildman–Crippen LogP) is 3.72. The molecule has 0 aliphatic rings. The number of benzene rings is 2. The first-order valence-electron chi connectivity index (χ1n) is 6.52. The van der Waals surface area contributed by atoms with E-state index in [1.54, 1.807) is 30.3 Å². The average Bonchev–Trinajstić information content (AvgIpc) is 2.48. The van der Waals surface area contributed by atoms with E-state index in [-0.39, 0.29) is 17.5 Å². The Hall–Kier alpha value is -2.43. The Balaban J connectivity index is 2.17. The number of anilines is 1. The molecular weight excluding hydrogens is 273 g/mol. The number of hydrogen-bond donors (Lipinski definition) is 2. The average molecular weight is 291 g/mol. The molecule has 2 rings (SSSR count). The van der Waals surface area contributed by atoms with E-state index < -0.39 is 5.82 Å². The second-order valence-corrected chi connectivity index (χ2v) is 4.65. The van der Waals surface area contributed by atoms with E-state index in [1.165, 1.54) is 20.3 Å². The molecule has 0 heterocycles. The standard InChI is InChI=1S/C16H18FNO3/c1-10(11-4-6-14(19)16(8-11)21-3)18-12-5-7-15(20-2)13(17)9-12/h4-10,18-19H,1-3H3. The SMILES string of the molecule is COc1cc(C(C)Nc2ccc(OC)c(F)c2)ccc1O. The van der Waals surface area contributed by atoms with Crippen molar-refractivity contribution in [1.29, 1.82) is 0 Å². The van der Waals surface area contributed by atoms with Crippen molar-refractivity contribution in [3.05, 3.63) is 47.8 Å². The van der Waals surface area contributed by atoms with Gasteiger partial charge in [0.2, 0.25) is 0 Å². The Bertz CT molecular complexity index is 631. The first kappa shape index (κ1) is 15.0. The molecule has 2 aromatic carbocycles. The lowest BCUT2D eigenvalue weighted by molar-refractivity contribution is 0.373. The summed E-state index contributed by atoms with van der Waals surface area (Å²) >= 11 is 0. The van der Waals surface area contributed by atoms with Gasteiger partial charge < -0.3 is 19.9 Å². The van der Waals surface area contributed by atoms with E-state index in [0.29, 0.717) is 11.4 Å². The largest absolute Gasteiger partial charge is 0.504 e. The fraction of sp³-hybridized carbons (Fsp3) is 0.250. The van der Waals surface area contributed by atoms with Gasteiger partial charge in [0.25, 0.3) is 0 Å². The van der Waals surface area contributed by atoms with Crippen molar-refractivity contribution in [1.82, 2.24) is 0 Å². The van der Waals surface area contributed by atoms with Crippen LogP contribution in [-0.4, -0.2) is 19.3 Å². The van der Waals surface area contributed by atoms with Gasteiger partial charge in [0.1, 0.15) is 0 Å². The van der Waals surface area contributed by atoms with Gasteiger partial charge in [-0.05, 0) is 36.8 Å². The van der Waals surface area contributed by atoms with Gasteiger partial charge in [-0.3, -0.25) is 0 Å². The zero-order valence-electron chi connectivity index (χ0n) is 12.2. The number of phenols is 1. The van der Waals surface area contributed by atoms with Crippen LogP contribution in [-0.2, 0) is 0 Å². The molecule has 0 bridgehead atoms. The highest BCUT2D eigenvalue weighted by atomic mass is 19.1. The van der Waals surface area contributed by atoms with Gasteiger partial charge in [0, 0.05) is 17.8 Å². The first-order chi connectivity index (χ1) is 10.0. The minimum atomic E-state index is -0.419. The summed E-state index contributed by atoms with van der Waals surface area (Å²) in [5.41, 5.74) is 1.56. The second kappa shape index (κ2) is 6.35. The van der Waals surface area contributed by atoms with Gasteiger partial charge >= 0.3 is 0 Å². The van der Waals surface area contributed by atoms with Crippen molar-refractivity contribution in [2.75, 3.05) is 19.5 Å². The molecule has 0 fully saturated rings. The van der Waals surface area contributed by atoms with Crippen LogP contribution in [0.15, 0.2) is 36.4 Å². The summed E-state index contributed by atoms with van der Waals surface area (Å²) in [5, 5.41) is 12.8. The molecule has 0 aromatic heterocycles. The van der Waals surface area contributed by atoms with E-state index in [4.69, 9.17) is 9.47 Å². The molecule has 2 aromatic rings. The van der Waals surface area contributed by atoms with Gasteiger partial charge in [0.05, 0.1) is 14.2 Å². The molecular formula is C16H18FNO3. The molecule has 4 nitrogen and oxygen atoms in total. The van der Waals surface area contributed by atoms with Crippen molar-refractivity contribution in [3.63, 3.8) is 0 Å². The maximum Gasteiger partial charge on any atom is 0.167 e. The summed E-state index contributed by atoms with van der Waals surface area (Å²) in [5.74, 6) is 0.281. The Labute approximate surface area is 123 Å². The minimum absolute atomic E-state index is 0.0766. The normalized spacial score (nSPS) is 11.8. The molecule has 0 radical (unpaired) electrons. The van der Waals surface area contributed by atoms with E-state index in [9.17, 15) is 9.50 Å². The van der Waals surface area contributed by atoms with Gasteiger partial charge in [-0.2, -0.15) is 0 Å². The summed E-state index contributed by atoms with van der Waals surface area (Å²) in [6, 6.07) is 9.72. The maximum atomic E-state index is 13.7. The van der Waals surface area contributed by atoms with Crippen LogP contribution in [0.3, 0.4) is 0 Å². The summed E-state index contributed by atoms with van der Waals surface area (Å²) in [7, 11) is 2.92. The highest BCUT2D eigenvalue weighted by molar-refractivity contribution is 5.50. The van der Waals surface area contributed by atoms with Crippen molar-refractivity contribution >= 4 is 5.69 Å². The van der Waals surface area contributed by atoms with Crippen LogP contribution in [0.4, 0.5) is 10.1 Å². The van der Waals surface area contributed by atoms with E-state index in [0.717, 1.165) is 5.56 Å². The van der Waals surface area contributed by atoms with Gasteiger partial charge in [-0.15, -0.1) is 0 Å². The van der Waals surface area contributed by atoms with Gasteiger partial charge in [0.15, 0.2) is 23.1 Å². The fourth-order valence-corrected chi connectivity index (χ4v) is 2.05. The second-order valence-electron chi connectivity index (χ2n) is 4.65. The molecule has 0 saturated heterocycles. The lowest BCUT2D eigenvalue weighted by atomic mass is 10.1. The third-order valence-corrected chi connectivity index (χ3v) is 3.24. The van der Waals surface area contributed by atoms with Crippen LogP contribution in [0.1, 0.15) is 18.5 Å². The monoisotopic (exact) mass is 291 g/mol. The number of nitrogens with one attached hydrogen (secondary N) is 1. The number of halogens is 1. The first-order valence-corrected chi connectivity index (χ1v) is 6.52. The van der Waals surface area contributed by atoms with Crippen LogP contribution in [0.2, 0.25) is 0 Å². The van der Waals surface area contributed by atoms with Crippen LogP contribution in [0, 0.1) is 5.82 Å². The van der Waals surface area contributed by atoms with Crippen molar-refractivity contribution < 1.29 is 19.0 Å². The minimum Gasteiger partial charge on any atom is -0.504 e. The topological polar surface area (TPSA) is 50.7 Å². The number of phenolic OH excluding ortho intramolecular Hbond substituents is 1. The van der Waals surface area contributed by atoms with E-state index in [1.807, 2.05) is 6.92 Å². The molecule has 0 amide bonds. The van der Waals surface area contributed by atoms with Crippen molar-refractivity contribution in [2.24, 2.45) is 0 Å². The molecule has 21 heavy (non-hydrogen) atoms. The number of ether oxygens (including phenoxy) is 2. The number of methoxy groups -OCH3 is 2. The smallest absolute Gasteiger partial charge is 0.167 e. The molecule has 1 atom stereocenters. The number of hydrogen-bond acceptors (Lipinski definition) is 4. The summed E-state index contributed by atoms with van der Waals surface area (Å²) < 4.78 is 23.6. The highest BCUT2D eigenvalue weighted by Crippen LogP contribution is 2.30. The lowest BCUT2D eigenvalue weighted by Crippen LogP contribution is -2.07. The molecule has 0 saturated carbocycles. The zero-order chi connectivity index (χ0) is 15.4.